The molecule has 1 heterocycles. The molecule has 0 spiro atoms. The lowest BCUT2D eigenvalue weighted by molar-refractivity contribution is -0.0282. The van der Waals surface area contributed by atoms with E-state index in [1.165, 1.54) is 0 Å². The fraction of sp³-hybridized carbons (Fsp3) is 0.571. The highest BCUT2D eigenvalue weighted by Crippen LogP contribution is 2.18. The maximum atomic E-state index is 9.31. The molecule has 1 saturated heterocycles. The van der Waals surface area contributed by atoms with E-state index in [-0.39, 0.29) is 18.7 Å². The normalized spacial score (nSPS) is 22.4. The molecule has 1 fully saturated rings. The number of morpholine rings is 1. The molecular weight excluding hydrogens is 264 g/mol. The Morgan fingerprint density at radius 3 is 2.84 bits per heavy atom. The van der Waals surface area contributed by atoms with Gasteiger partial charge in [-0.3, -0.25) is 4.90 Å². The van der Waals surface area contributed by atoms with Gasteiger partial charge in [-0.15, -0.1) is 0 Å². The Balaban J connectivity index is 1.85. The van der Waals surface area contributed by atoms with Gasteiger partial charge < -0.3 is 15.6 Å². The lowest BCUT2D eigenvalue weighted by atomic mass is 10.0. The third-order valence-corrected chi connectivity index (χ3v) is 3.84. The van der Waals surface area contributed by atoms with E-state index in [0.29, 0.717) is 6.61 Å². The number of nitrogens with two attached hydrogens (primary N) is 1. The lowest BCUT2D eigenvalue weighted by Crippen LogP contribution is -2.48. The van der Waals surface area contributed by atoms with Crippen LogP contribution in [0.3, 0.4) is 0 Å². The predicted octanol–water partition coefficient (Wildman–Crippen LogP) is 1.42. The van der Waals surface area contributed by atoms with Crippen molar-refractivity contribution in [2.24, 2.45) is 5.73 Å². The molecule has 3 N–H and O–H groups in total. The van der Waals surface area contributed by atoms with Gasteiger partial charge in [0.2, 0.25) is 0 Å². The van der Waals surface area contributed by atoms with Crippen LogP contribution in [0.25, 0.3) is 0 Å². The average Bonchev–Trinajstić information content (AvgIpc) is 2.45. The molecule has 2 atom stereocenters. The average molecular weight is 285 g/mol. The van der Waals surface area contributed by atoms with Gasteiger partial charge in [0.25, 0.3) is 0 Å². The first kappa shape index (κ1) is 14.8. The van der Waals surface area contributed by atoms with Crippen molar-refractivity contribution in [3.05, 3.63) is 34.9 Å². The summed E-state index contributed by atoms with van der Waals surface area (Å²) in [4.78, 5) is 2.25. The van der Waals surface area contributed by atoms with Crippen LogP contribution in [-0.2, 0) is 4.74 Å². The van der Waals surface area contributed by atoms with Crippen molar-refractivity contribution in [1.29, 1.82) is 0 Å². The predicted molar refractivity (Wildman–Crippen MR) is 76.3 cm³/mol. The van der Waals surface area contributed by atoms with Gasteiger partial charge in [-0.1, -0.05) is 23.7 Å². The fourth-order valence-electron chi connectivity index (χ4n) is 2.33. The van der Waals surface area contributed by atoms with E-state index in [1.54, 1.807) is 0 Å². The molecule has 106 valence electrons. The molecule has 0 saturated carbocycles. The fourth-order valence-corrected chi connectivity index (χ4v) is 2.46. The maximum Gasteiger partial charge on any atom is 0.0644 e. The highest BCUT2D eigenvalue weighted by molar-refractivity contribution is 6.30. The standard InChI is InChI=1S/C14H21ClN2O2/c15-12-3-1-11(2-4-12)14(16)5-6-17-7-8-19-10-13(17)9-18/h1-4,13-14,18H,5-10,16H2. The van der Waals surface area contributed by atoms with E-state index in [4.69, 9.17) is 22.1 Å². The Morgan fingerprint density at radius 1 is 1.42 bits per heavy atom. The molecule has 1 aromatic rings. The number of aliphatic hydroxyl groups is 1. The summed E-state index contributed by atoms with van der Waals surface area (Å²) in [5, 5.41) is 10.0. The van der Waals surface area contributed by atoms with Crippen LogP contribution < -0.4 is 5.73 Å². The van der Waals surface area contributed by atoms with E-state index >= 15 is 0 Å². The SMILES string of the molecule is NC(CCN1CCOCC1CO)c1ccc(Cl)cc1. The van der Waals surface area contributed by atoms with E-state index in [9.17, 15) is 5.11 Å². The quantitative estimate of drug-likeness (QED) is 0.859. The van der Waals surface area contributed by atoms with Crippen LogP contribution in [0.15, 0.2) is 24.3 Å². The Labute approximate surface area is 119 Å². The monoisotopic (exact) mass is 284 g/mol. The largest absolute Gasteiger partial charge is 0.395 e. The molecule has 0 aliphatic carbocycles. The number of benzene rings is 1. The first-order valence-corrected chi connectivity index (χ1v) is 7.02. The minimum absolute atomic E-state index is 0.000505. The van der Waals surface area contributed by atoms with E-state index in [0.717, 1.165) is 36.7 Å². The molecule has 1 aromatic carbocycles. The maximum absolute atomic E-state index is 9.31. The smallest absolute Gasteiger partial charge is 0.0644 e. The van der Waals surface area contributed by atoms with Gasteiger partial charge in [-0.25, -0.2) is 0 Å². The highest BCUT2D eigenvalue weighted by Gasteiger charge is 2.22. The van der Waals surface area contributed by atoms with E-state index in [1.807, 2.05) is 24.3 Å². The van der Waals surface area contributed by atoms with Crippen LogP contribution in [0.5, 0.6) is 0 Å². The van der Waals surface area contributed by atoms with Gasteiger partial charge in [-0.05, 0) is 24.1 Å². The molecular formula is C14H21ClN2O2. The molecule has 1 aliphatic heterocycles. The third kappa shape index (κ3) is 4.16. The van der Waals surface area contributed by atoms with Crippen molar-refractivity contribution in [3.8, 4) is 0 Å². The van der Waals surface area contributed by atoms with Crippen molar-refractivity contribution in [1.82, 2.24) is 4.90 Å². The lowest BCUT2D eigenvalue weighted by Gasteiger charge is -2.35. The first-order chi connectivity index (χ1) is 9.20. The highest BCUT2D eigenvalue weighted by atomic mass is 35.5. The van der Waals surface area contributed by atoms with Crippen LogP contribution in [0.4, 0.5) is 0 Å². The topological polar surface area (TPSA) is 58.7 Å². The first-order valence-electron chi connectivity index (χ1n) is 6.64. The molecule has 0 amide bonds. The third-order valence-electron chi connectivity index (χ3n) is 3.59. The van der Waals surface area contributed by atoms with Gasteiger partial charge >= 0.3 is 0 Å². The molecule has 0 bridgehead atoms. The van der Waals surface area contributed by atoms with Crippen LogP contribution in [0.1, 0.15) is 18.0 Å². The summed E-state index contributed by atoms with van der Waals surface area (Å²) in [6.07, 6.45) is 0.859. The summed E-state index contributed by atoms with van der Waals surface area (Å²) in [5.74, 6) is 0. The summed E-state index contributed by atoms with van der Waals surface area (Å²) < 4.78 is 5.36. The van der Waals surface area contributed by atoms with Crippen molar-refractivity contribution in [3.63, 3.8) is 0 Å². The van der Waals surface area contributed by atoms with Gasteiger partial charge in [0.15, 0.2) is 0 Å². The van der Waals surface area contributed by atoms with E-state index in [2.05, 4.69) is 4.90 Å². The summed E-state index contributed by atoms with van der Waals surface area (Å²) in [7, 11) is 0. The van der Waals surface area contributed by atoms with Crippen LogP contribution in [-0.4, -0.2) is 49.0 Å². The second-order valence-corrected chi connectivity index (χ2v) is 5.33. The Morgan fingerprint density at radius 2 is 2.16 bits per heavy atom. The Kier molecular flexibility index (Phi) is 5.60. The zero-order chi connectivity index (χ0) is 13.7. The molecule has 0 aromatic heterocycles. The second-order valence-electron chi connectivity index (χ2n) is 4.89. The summed E-state index contributed by atoms with van der Waals surface area (Å²) in [5.41, 5.74) is 7.28. The number of hydrogen-bond donors (Lipinski definition) is 2. The van der Waals surface area contributed by atoms with Crippen LogP contribution >= 0.6 is 11.6 Å². The van der Waals surface area contributed by atoms with Gasteiger partial charge in [0.05, 0.1) is 25.9 Å². The minimum Gasteiger partial charge on any atom is -0.395 e. The zero-order valence-corrected chi connectivity index (χ0v) is 11.7. The number of rotatable bonds is 5. The number of aliphatic hydroxyl groups excluding tert-OH is 1. The number of hydrogen-bond acceptors (Lipinski definition) is 4. The molecule has 5 heteroatoms. The molecule has 19 heavy (non-hydrogen) atoms. The Bertz CT molecular complexity index is 386. The van der Waals surface area contributed by atoms with Crippen LogP contribution in [0, 0.1) is 0 Å². The molecule has 0 radical (unpaired) electrons. The van der Waals surface area contributed by atoms with Gasteiger partial charge in [-0.2, -0.15) is 0 Å². The van der Waals surface area contributed by atoms with Crippen LogP contribution in [0.2, 0.25) is 5.02 Å². The van der Waals surface area contributed by atoms with E-state index < -0.39 is 0 Å². The molecule has 4 nitrogen and oxygen atoms in total. The minimum atomic E-state index is -0.000505. The zero-order valence-electron chi connectivity index (χ0n) is 11.0. The van der Waals surface area contributed by atoms with Gasteiger partial charge in [0, 0.05) is 24.2 Å². The summed E-state index contributed by atoms with van der Waals surface area (Å²) >= 11 is 5.86. The molecule has 1 aliphatic rings. The van der Waals surface area contributed by atoms with Crippen molar-refractivity contribution in [2.75, 3.05) is 32.9 Å². The van der Waals surface area contributed by atoms with Crippen molar-refractivity contribution >= 4 is 11.6 Å². The summed E-state index contributed by atoms with van der Waals surface area (Å²) in [6, 6.07) is 7.76. The van der Waals surface area contributed by atoms with Gasteiger partial charge in [0.1, 0.15) is 0 Å². The van der Waals surface area contributed by atoms with Crippen molar-refractivity contribution in [2.45, 2.75) is 18.5 Å². The molecule has 2 unspecified atom stereocenters. The number of ether oxygens (including phenoxy) is 1. The number of nitrogens with zero attached hydrogens (tertiary/aromatic N) is 1. The Hall–Kier alpha value is -0.650. The number of halogens is 1. The van der Waals surface area contributed by atoms with Crippen molar-refractivity contribution < 1.29 is 9.84 Å². The second kappa shape index (κ2) is 7.22. The summed E-state index contributed by atoms with van der Waals surface area (Å²) in [6.45, 7) is 3.20. The molecule has 2 rings (SSSR count).